The lowest BCUT2D eigenvalue weighted by molar-refractivity contribution is 0.490. The number of hydrogen-bond acceptors (Lipinski definition) is 3. The van der Waals surface area contributed by atoms with Gasteiger partial charge in [0.15, 0.2) is 0 Å². The summed E-state index contributed by atoms with van der Waals surface area (Å²) in [5.74, 6) is 0. The molecule has 0 fully saturated rings. The highest BCUT2D eigenvalue weighted by Gasteiger charge is 1.81. The van der Waals surface area contributed by atoms with E-state index in [0.717, 1.165) is 0 Å². The quantitative estimate of drug-likeness (QED) is 0.620. The van der Waals surface area contributed by atoms with E-state index in [2.05, 4.69) is 4.98 Å². The van der Waals surface area contributed by atoms with Crippen molar-refractivity contribution in [2.24, 2.45) is 0 Å². The largest absolute Gasteiger partial charge is 0.286 e. The van der Waals surface area contributed by atoms with Crippen molar-refractivity contribution in [3.8, 4) is 0 Å². The van der Waals surface area contributed by atoms with Gasteiger partial charge < -0.3 is 0 Å². The standard InChI is InChI=1S/C5H5N.CH4O3S.FH/c1-2-4-6-5-3-1;1-5(2,3)4;/h1-5H;1H3,(H,2,3,4);1H. The molecule has 1 aromatic heterocycles. The van der Waals surface area contributed by atoms with Crippen LogP contribution >= 0.6 is 0 Å². The fourth-order valence-corrected chi connectivity index (χ4v) is 0.313. The Bertz CT molecular complexity index is 239. The number of nitrogens with zero attached hydrogens (tertiary/aromatic N) is 1. The fraction of sp³-hybridized carbons (Fsp3) is 0.167. The first-order valence-electron chi connectivity index (χ1n) is 2.77. The zero-order valence-corrected chi connectivity index (χ0v) is 7.23. The fourth-order valence-electron chi connectivity index (χ4n) is 0.313. The molecule has 0 bridgehead atoms. The second-order valence-corrected chi connectivity index (χ2v) is 3.22. The van der Waals surface area contributed by atoms with Gasteiger partial charge >= 0.3 is 0 Å². The molecule has 0 spiro atoms. The van der Waals surface area contributed by atoms with Crippen molar-refractivity contribution in [3.63, 3.8) is 0 Å². The number of hydrogen-bond donors (Lipinski definition) is 1. The van der Waals surface area contributed by atoms with E-state index in [1.807, 2.05) is 18.2 Å². The Labute approximate surface area is 70.4 Å². The van der Waals surface area contributed by atoms with Gasteiger partial charge in [-0.25, -0.2) is 0 Å². The Morgan fingerprint density at radius 1 is 1.17 bits per heavy atom. The van der Waals surface area contributed by atoms with Crippen molar-refractivity contribution >= 4 is 10.1 Å². The minimum absolute atomic E-state index is 0. The highest BCUT2D eigenvalue weighted by atomic mass is 32.2. The zero-order valence-electron chi connectivity index (χ0n) is 6.41. The summed E-state index contributed by atoms with van der Waals surface area (Å²) < 4.78 is 25.9. The third kappa shape index (κ3) is 23.0. The lowest BCUT2D eigenvalue weighted by Gasteiger charge is -1.70. The molecule has 0 atom stereocenters. The Balaban J connectivity index is 0. The van der Waals surface area contributed by atoms with Crippen LogP contribution in [0.1, 0.15) is 0 Å². The van der Waals surface area contributed by atoms with Gasteiger partial charge in [0.25, 0.3) is 10.1 Å². The lowest BCUT2D eigenvalue weighted by Crippen LogP contribution is -1.88. The average Bonchev–Trinajstić information content (AvgIpc) is 1.88. The third-order valence-corrected chi connectivity index (χ3v) is 0.566. The number of halogens is 1. The van der Waals surface area contributed by atoms with E-state index in [4.69, 9.17) is 4.55 Å². The molecule has 0 saturated carbocycles. The van der Waals surface area contributed by atoms with Crippen LogP contribution in [0.25, 0.3) is 0 Å². The van der Waals surface area contributed by atoms with Crippen molar-refractivity contribution < 1.29 is 17.7 Å². The SMILES string of the molecule is CS(=O)(=O)O.F.c1ccncc1. The van der Waals surface area contributed by atoms with Crippen LogP contribution in [0.15, 0.2) is 30.6 Å². The summed E-state index contributed by atoms with van der Waals surface area (Å²) in [4.78, 5) is 3.78. The van der Waals surface area contributed by atoms with Crippen molar-refractivity contribution in [2.45, 2.75) is 0 Å². The molecule has 0 radical (unpaired) electrons. The second kappa shape index (κ2) is 6.68. The van der Waals surface area contributed by atoms with Crippen molar-refractivity contribution in [1.29, 1.82) is 0 Å². The molecule has 0 saturated heterocycles. The van der Waals surface area contributed by atoms with E-state index < -0.39 is 10.1 Å². The van der Waals surface area contributed by atoms with Crippen LogP contribution in [-0.2, 0) is 10.1 Å². The Kier molecular flexibility index (Phi) is 7.56. The molecular weight excluding hydrogens is 185 g/mol. The van der Waals surface area contributed by atoms with Crippen LogP contribution in [0.3, 0.4) is 0 Å². The van der Waals surface area contributed by atoms with Crippen LogP contribution in [0.5, 0.6) is 0 Å². The van der Waals surface area contributed by atoms with E-state index >= 15 is 0 Å². The maximum Gasteiger partial charge on any atom is 0.261 e. The Morgan fingerprint density at radius 2 is 1.50 bits per heavy atom. The molecule has 1 aromatic rings. The molecule has 0 aliphatic carbocycles. The smallest absolute Gasteiger partial charge is 0.261 e. The van der Waals surface area contributed by atoms with Crippen LogP contribution in [0, 0.1) is 0 Å². The molecule has 4 nitrogen and oxygen atoms in total. The summed E-state index contributed by atoms with van der Waals surface area (Å²) >= 11 is 0. The monoisotopic (exact) mass is 195 g/mol. The molecule has 0 aliphatic heterocycles. The maximum absolute atomic E-state index is 9.19. The molecule has 6 heteroatoms. The van der Waals surface area contributed by atoms with Crippen LogP contribution in [0.2, 0.25) is 0 Å². The first-order valence-corrected chi connectivity index (χ1v) is 4.62. The highest BCUT2D eigenvalue weighted by Crippen LogP contribution is 1.73. The van der Waals surface area contributed by atoms with Gasteiger partial charge in [0.05, 0.1) is 6.26 Å². The van der Waals surface area contributed by atoms with E-state index in [9.17, 15) is 8.42 Å². The molecule has 70 valence electrons. The molecule has 1 rings (SSSR count). The lowest BCUT2D eigenvalue weighted by atomic mass is 10.5. The summed E-state index contributed by atoms with van der Waals surface area (Å²) in [6, 6.07) is 5.72. The third-order valence-electron chi connectivity index (χ3n) is 0.566. The summed E-state index contributed by atoms with van der Waals surface area (Å²) in [5, 5.41) is 0. The van der Waals surface area contributed by atoms with Crippen molar-refractivity contribution in [1.82, 2.24) is 4.98 Å². The molecule has 0 aromatic carbocycles. The summed E-state index contributed by atoms with van der Waals surface area (Å²) in [6.45, 7) is 0. The molecular formula is C6H10FNO3S. The molecule has 0 aliphatic rings. The summed E-state index contributed by atoms with van der Waals surface area (Å²) in [6.07, 6.45) is 4.22. The predicted octanol–water partition coefficient (Wildman–Crippen LogP) is 0.738. The average molecular weight is 195 g/mol. The van der Waals surface area contributed by atoms with Gasteiger partial charge in [-0.05, 0) is 12.1 Å². The predicted molar refractivity (Wildman–Crippen MR) is 44.2 cm³/mol. The first kappa shape index (κ1) is 13.6. The number of pyridine rings is 1. The maximum atomic E-state index is 9.19. The van der Waals surface area contributed by atoms with Crippen LogP contribution in [0.4, 0.5) is 4.70 Å². The highest BCUT2D eigenvalue weighted by molar-refractivity contribution is 7.85. The van der Waals surface area contributed by atoms with E-state index in [0.29, 0.717) is 6.26 Å². The Morgan fingerprint density at radius 3 is 1.58 bits per heavy atom. The van der Waals surface area contributed by atoms with Gasteiger partial charge in [-0.15, -0.1) is 0 Å². The van der Waals surface area contributed by atoms with Crippen molar-refractivity contribution in [2.75, 3.05) is 6.26 Å². The van der Waals surface area contributed by atoms with Crippen molar-refractivity contribution in [3.05, 3.63) is 30.6 Å². The topological polar surface area (TPSA) is 67.3 Å². The van der Waals surface area contributed by atoms with Gasteiger partial charge in [-0.2, -0.15) is 8.42 Å². The van der Waals surface area contributed by atoms with Crippen LogP contribution in [-0.4, -0.2) is 24.2 Å². The van der Waals surface area contributed by atoms with E-state index in [-0.39, 0.29) is 4.70 Å². The number of rotatable bonds is 0. The normalized spacial score (nSPS) is 8.83. The van der Waals surface area contributed by atoms with E-state index in [1.54, 1.807) is 12.4 Å². The first-order chi connectivity index (χ1) is 5.00. The second-order valence-electron chi connectivity index (χ2n) is 1.76. The van der Waals surface area contributed by atoms with Gasteiger partial charge in [0.2, 0.25) is 0 Å². The van der Waals surface area contributed by atoms with Crippen LogP contribution < -0.4 is 0 Å². The Hall–Kier alpha value is -1.01. The molecule has 1 N–H and O–H groups in total. The minimum atomic E-state index is -3.67. The zero-order chi connectivity index (χ0) is 8.74. The van der Waals surface area contributed by atoms with Gasteiger partial charge in [-0.3, -0.25) is 14.2 Å². The molecule has 0 unspecified atom stereocenters. The summed E-state index contributed by atoms with van der Waals surface area (Å²) in [7, 11) is -3.67. The minimum Gasteiger partial charge on any atom is -0.286 e. The number of aromatic nitrogens is 1. The molecule has 12 heavy (non-hydrogen) atoms. The van der Waals surface area contributed by atoms with Gasteiger partial charge in [0, 0.05) is 12.4 Å². The summed E-state index contributed by atoms with van der Waals surface area (Å²) in [5.41, 5.74) is 0. The van der Waals surface area contributed by atoms with Gasteiger partial charge in [-0.1, -0.05) is 6.07 Å². The van der Waals surface area contributed by atoms with Gasteiger partial charge in [0.1, 0.15) is 0 Å². The molecule has 0 amide bonds. The molecule has 1 heterocycles. The van der Waals surface area contributed by atoms with E-state index in [1.165, 1.54) is 0 Å².